The minimum atomic E-state index is 0.277. The molecule has 17 heavy (non-hydrogen) atoms. The van der Waals surface area contributed by atoms with Crippen LogP contribution in [0.3, 0.4) is 0 Å². The quantitative estimate of drug-likeness (QED) is 0.668. The summed E-state index contributed by atoms with van der Waals surface area (Å²) < 4.78 is 1.13. The number of para-hydroxylation sites is 1. The van der Waals surface area contributed by atoms with Gasteiger partial charge in [0.2, 0.25) is 0 Å². The summed E-state index contributed by atoms with van der Waals surface area (Å²) in [5.74, 6) is 0.277. The van der Waals surface area contributed by atoms with Crippen molar-refractivity contribution in [3.8, 4) is 16.9 Å². The lowest BCUT2D eigenvalue weighted by molar-refractivity contribution is 0.477. The van der Waals surface area contributed by atoms with Crippen LogP contribution in [-0.4, -0.2) is 15.1 Å². The van der Waals surface area contributed by atoms with E-state index in [-0.39, 0.29) is 5.75 Å². The highest BCUT2D eigenvalue weighted by molar-refractivity contribution is 14.1. The van der Waals surface area contributed by atoms with E-state index in [0.717, 1.165) is 25.7 Å². The highest BCUT2D eigenvalue weighted by Gasteiger charge is 2.07. The number of aromatic nitrogens is 2. The second kappa shape index (κ2) is 4.03. The average molecular weight is 336 g/mol. The summed E-state index contributed by atoms with van der Waals surface area (Å²) in [6.45, 7) is 0. The van der Waals surface area contributed by atoms with Crippen molar-refractivity contribution in [1.29, 1.82) is 0 Å². The molecule has 4 heteroatoms. The Balaban J connectivity index is 2.24. The number of phenolic OH excluding ortho intramolecular Hbond substituents is 1. The Morgan fingerprint density at radius 2 is 2.06 bits per heavy atom. The fraction of sp³-hybridized carbons (Fsp3) is 0. The van der Waals surface area contributed by atoms with Gasteiger partial charge in [0, 0.05) is 32.5 Å². The third kappa shape index (κ3) is 1.78. The first-order valence-corrected chi connectivity index (χ1v) is 6.24. The van der Waals surface area contributed by atoms with Crippen LogP contribution < -0.4 is 0 Å². The van der Waals surface area contributed by atoms with E-state index in [1.165, 1.54) is 0 Å². The molecule has 0 atom stereocenters. The molecular formula is C13H9IN2O. The van der Waals surface area contributed by atoms with Crippen molar-refractivity contribution in [2.75, 3.05) is 0 Å². The van der Waals surface area contributed by atoms with Crippen molar-refractivity contribution in [2.24, 2.45) is 0 Å². The van der Waals surface area contributed by atoms with Crippen LogP contribution in [0.5, 0.6) is 5.75 Å². The molecule has 0 amide bonds. The van der Waals surface area contributed by atoms with E-state index in [4.69, 9.17) is 0 Å². The van der Waals surface area contributed by atoms with Crippen molar-refractivity contribution >= 4 is 33.6 Å². The number of phenols is 1. The lowest BCUT2D eigenvalue weighted by atomic mass is 10.1. The molecule has 0 saturated carbocycles. The van der Waals surface area contributed by atoms with E-state index in [9.17, 15) is 5.11 Å². The summed E-state index contributed by atoms with van der Waals surface area (Å²) in [6, 6.07) is 9.32. The number of nitrogens with one attached hydrogen (secondary N) is 1. The second-order valence-corrected chi connectivity index (χ2v) is 4.94. The molecule has 2 heterocycles. The first-order valence-electron chi connectivity index (χ1n) is 5.17. The van der Waals surface area contributed by atoms with Gasteiger partial charge < -0.3 is 10.1 Å². The van der Waals surface area contributed by atoms with E-state index in [1.807, 2.05) is 30.5 Å². The Hall–Kier alpha value is -1.56. The molecule has 0 spiro atoms. The third-order valence-corrected chi connectivity index (χ3v) is 3.59. The predicted molar refractivity (Wildman–Crippen MR) is 75.9 cm³/mol. The Kier molecular flexibility index (Phi) is 2.51. The first kappa shape index (κ1) is 10.6. The minimum absolute atomic E-state index is 0.277. The fourth-order valence-electron chi connectivity index (χ4n) is 1.84. The SMILES string of the molecule is Oc1ccccc1-c1cnc2[nH]cc(I)c2c1. The molecule has 3 rings (SSSR count). The number of hydrogen-bond acceptors (Lipinski definition) is 2. The molecule has 0 fully saturated rings. The van der Waals surface area contributed by atoms with Gasteiger partial charge in [-0.3, -0.25) is 0 Å². The first-order chi connectivity index (χ1) is 8.25. The molecule has 0 saturated heterocycles. The summed E-state index contributed by atoms with van der Waals surface area (Å²) in [7, 11) is 0. The predicted octanol–water partition coefficient (Wildman–Crippen LogP) is 3.54. The smallest absolute Gasteiger partial charge is 0.138 e. The molecule has 0 aliphatic rings. The van der Waals surface area contributed by atoms with Gasteiger partial charge in [0.15, 0.2) is 0 Å². The molecule has 0 unspecified atom stereocenters. The van der Waals surface area contributed by atoms with Gasteiger partial charge in [0.1, 0.15) is 11.4 Å². The second-order valence-electron chi connectivity index (χ2n) is 3.77. The van der Waals surface area contributed by atoms with Crippen LogP contribution in [0.25, 0.3) is 22.2 Å². The van der Waals surface area contributed by atoms with E-state index < -0.39 is 0 Å². The topological polar surface area (TPSA) is 48.9 Å². The van der Waals surface area contributed by atoms with E-state index in [0.29, 0.717) is 0 Å². The van der Waals surface area contributed by atoms with Crippen molar-refractivity contribution in [3.05, 3.63) is 46.3 Å². The van der Waals surface area contributed by atoms with Crippen molar-refractivity contribution in [3.63, 3.8) is 0 Å². The van der Waals surface area contributed by atoms with Crippen LogP contribution in [0, 0.1) is 3.57 Å². The molecule has 2 aromatic heterocycles. The Morgan fingerprint density at radius 1 is 1.24 bits per heavy atom. The van der Waals surface area contributed by atoms with Gasteiger partial charge in [-0.15, -0.1) is 0 Å². The maximum Gasteiger partial charge on any atom is 0.138 e. The molecule has 1 aromatic carbocycles. The Labute approximate surface area is 112 Å². The van der Waals surface area contributed by atoms with Crippen LogP contribution in [0.2, 0.25) is 0 Å². The molecular weight excluding hydrogens is 327 g/mol. The van der Waals surface area contributed by atoms with Crippen LogP contribution in [0.1, 0.15) is 0 Å². The third-order valence-electron chi connectivity index (χ3n) is 2.70. The molecule has 0 aliphatic carbocycles. The monoisotopic (exact) mass is 336 g/mol. The standard InChI is InChI=1S/C13H9IN2O/c14-11-7-16-13-10(11)5-8(6-15-13)9-3-1-2-4-12(9)17/h1-7,17H,(H,15,16). The number of hydrogen-bond donors (Lipinski definition) is 2. The van der Waals surface area contributed by atoms with Crippen molar-refractivity contribution in [1.82, 2.24) is 9.97 Å². The summed E-state index contributed by atoms with van der Waals surface area (Å²) in [4.78, 5) is 7.45. The van der Waals surface area contributed by atoms with Crippen molar-refractivity contribution in [2.45, 2.75) is 0 Å². The molecule has 0 aliphatic heterocycles. The lowest BCUT2D eigenvalue weighted by Gasteiger charge is -2.04. The lowest BCUT2D eigenvalue weighted by Crippen LogP contribution is -1.82. The van der Waals surface area contributed by atoms with Gasteiger partial charge in [-0.05, 0) is 34.7 Å². The van der Waals surface area contributed by atoms with Crippen molar-refractivity contribution < 1.29 is 5.11 Å². The number of pyridine rings is 1. The number of benzene rings is 1. The number of H-pyrrole nitrogens is 1. The van der Waals surface area contributed by atoms with Gasteiger partial charge in [-0.1, -0.05) is 18.2 Å². The van der Waals surface area contributed by atoms with Crippen LogP contribution in [-0.2, 0) is 0 Å². The minimum Gasteiger partial charge on any atom is -0.507 e. The maximum atomic E-state index is 9.82. The molecule has 0 radical (unpaired) electrons. The largest absolute Gasteiger partial charge is 0.507 e. The summed E-state index contributed by atoms with van der Waals surface area (Å²) >= 11 is 2.26. The fourth-order valence-corrected chi connectivity index (χ4v) is 2.40. The number of aromatic hydroxyl groups is 1. The van der Waals surface area contributed by atoms with Crippen LogP contribution in [0.15, 0.2) is 42.7 Å². The van der Waals surface area contributed by atoms with Gasteiger partial charge in [-0.2, -0.15) is 0 Å². The zero-order valence-corrected chi connectivity index (χ0v) is 11.0. The maximum absolute atomic E-state index is 9.82. The summed E-state index contributed by atoms with van der Waals surface area (Å²) in [5.41, 5.74) is 2.60. The van der Waals surface area contributed by atoms with E-state index in [1.54, 1.807) is 12.3 Å². The summed E-state index contributed by atoms with van der Waals surface area (Å²) in [6.07, 6.45) is 3.69. The molecule has 3 aromatic rings. The molecule has 3 nitrogen and oxygen atoms in total. The molecule has 2 N–H and O–H groups in total. The number of fused-ring (bicyclic) bond motifs is 1. The normalized spacial score (nSPS) is 10.9. The Morgan fingerprint density at radius 3 is 2.88 bits per heavy atom. The highest BCUT2D eigenvalue weighted by atomic mass is 127. The summed E-state index contributed by atoms with van der Waals surface area (Å²) in [5, 5.41) is 10.9. The van der Waals surface area contributed by atoms with Gasteiger partial charge in [-0.25, -0.2) is 4.98 Å². The highest BCUT2D eigenvalue weighted by Crippen LogP contribution is 2.30. The molecule has 0 bridgehead atoms. The van der Waals surface area contributed by atoms with Crippen LogP contribution in [0.4, 0.5) is 0 Å². The number of rotatable bonds is 1. The van der Waals surface area contributed by atoms with Gasteiger partial charge >= 0.3 is 0 Å². The number of aromatic amines is 1. The van der Waals surface area contributed by atoms with E-state index >= 15 is 0 Å². The Bertz CT molecular complexity index is 691. The van der Waals surface area contributed by atoms with Crippen LogP contribution >= 0.6 is 22.6 Å². The zero-order valence-electron chi connectivity index (χ0n) is 8.81. The average Bonchev–Trinajstić information content (AvgIpc) is 2.71. The molecule has 84 valence electrons. The number of nitrogens with zero attached hydrogens (tertiary/aromatic N) is 1. The number of halogens is 1. The zero-order chi connectivity index (χ0) is 11.8. The van der Waals surface area contributed by atoms with Gasteiger partial charge in [0.25, 0.3) is 0 Å². The van der Waals surface area contributed by atoms with E-state index in [2.05, 4.69) is 32.6 Å². The van der Waals surface area contributed by atoms with Gasteiger partial charge in [0.05, 0.1) is 0 Å².